The van der Waals surface area contributed by atoms with Crippen LogP contribution in [0.2, 0.25) is 0 Å². The van der Waals surface area contributed by atoms with Crippen LogP contribution in [-0.4, -0.2) is 31.1 Å². The minimum atomic E-state index is -0.526. The van der Waals surface area contributed by atoms with E-state index in [-0.39, 0.29) is 0 Å². The van der Waals surface area contributed by atoms with Gasteiger partial charge in [0.05, 0.1) is 18.8 Å². The lowest BCUT2D eigenvalue weighted by atomic mass is 10.2. The van der Waals surface area contributed by atoms with Crippen molar-refractivity contribution in [2.45, 2.75) is 19.8 Å². The lowest BCUT2D eigenvalue weighted by Gasteiger charge is -2.08. The summed E-state index contributed by atoms with van der Waals surface area (Å²) in [6, 6.07) is 22.2. The molecule has 190 valence electrons. The summed E-state index contributed by atoms with van der Waals surface area (Å²) in [7, 11) is 0. The van der Waals surface area contributed by atoms with E-state index in [0.717, 1.165) is 5.56 Å². The first kappa shape index (κ1) is 26.9. The molecule has 3 rings (SSSR count). The number of benzene rings is 3. The molecule has 0 aromatic heterocycles. The first-order valence-corrected chi connectivity index (χ1v) is 11.7. The highest BCUT2D eigenvalue weighted by Gasteiger charge is 2.10. The highest BCUT2D eigenvalue weighted by Crippen LogP contribution is 2.20. The van der Waals surface area contributed by atoms with Crippen molar-refractivity contribution in [3.8, 4) is 17.2 Å². The van der Waals surface area contributed by atoms with E-state index in [2.05, 4.69) is 6.58 Å². The van der Waals surface area contributed by atoms with E-state index >= 15 is 0 Å². The Kier molecular flexibility index (Phi) is 10.2. The fourth-order valence-corrected chi connectivity index (χ4v) is 2.99. The third kappa shape index (κ3) is 9.49. The van der Waals surface area contributed by atoms with Gasteiger partial charge in [-0.3, -0.25) is 0 Å². The molecule has 0 amide bonds. The van der Waals surface area contributed by atoms with Gasteiger partial charge in [0.2, 0.25) is 0 Å². The van der Waals surface area contributed by atoms with Gasteiger partial charge >= 0.3 is 17.9 Å². The molecule has 7 nitrogen and oxygen atoms in total. The topological polar surface area (TPSA) is 88.1 Å². The van der Waals surface area contributed by atoms with Crippen LogP contribution in [0.15, 0.2) is 97.1 Å². The van der Waals surface area contributed by atoms with E-state index in [9.17, 15) is 14.4 Å². The highest BCUT2D eigenvalue weighted by atomic mass is 16.5. The van der Waals surface area contributed by atoms with Crippen LogP contribution in [-0.2, 0) is 14.3 Å². The van der Waals surface area contributed by atoms with Crippen molar-refractivity contribution in [1.82, 2.24) is 0 Å². The Hall–Kier alpha value is -4.65. The number of hydrogen-bond acceptors (Lipinski definition) is 7. The lowest BCUT2D eigenvalue weighted by Crippen LogP contribution is -2.09. The van der Waals surface area contributed by atoms with Crippen LogP contribution >= 0.6 is 0 Å². The molecule has 0 saturated carbocycles. The fourth-order valence-electron chi connectivity index (χ4n) is 2.99. The Bertz CT molecular complexity index is 1230. The third-order valence-corrected chi connectivity index (χ3v) is 4.94. The van der Waals surface area contributed by atoms with Crippen molar-refractivity contribution >= 4 is 24.0 Å². The largest absolute Gasteiger partial charge is 0.494 e. The quantitative estimate of drug-likeness (QED) is 0.134. The number of hydrogen-bond donors (Lipinski definition) is 0. The maximum Gasteiger partial charge on any atom is 0.343 e. The minimum Gasteiger partial charge on any atom is -0.494 e. The second-order valence-electron chi connectivity index (χ2n) is 8.02. The Morgan fingerprint density at radius 1 is 0.757 bits per heavy atom. The Morgan fingerprint density at radius 3 is 2.00 bits per heavy atom. The van der Waals surface area contributed by atoms with Gasteiger partial charge in [-0.25, -0.2) is 14.4 Å². The van der Waals surface area contributed by atoms with Gasteiger partial charge in [-0.1, -0.05) is 36.9 Å². The number of esters is 3. The predicted octanol–water partition coefficient (Wildman–Crippen LogP) is 5.80. The van der Waals surface area contributed by atoms with Crippen molar-refractivity contribution in [2.24, 2.45) is 0 Å². The summed E-state index contributed by atoms with van der Waals surface area (Å²) < 4.78 is 21.3. The van der Waals surface area contributed by atoms with E-state index in [1.807, 2.05) is 30.3 Å². The fraction of sp³-hybridized carbons (Fsp3) is 0.167. The van der Waals surface area contributed by atoms with Gasteiger partial charge in [-0.05, 0) is 79.9 Å². The Labute approximate surface area is 215 Å². The molecule has 0 bridgehead atoms. The average Bonchev–Trinajstić information content (AvgIpc) is 2.91. The smallest absolute Gasteiger partial charge is 0.343 e. The Morgan fingerprint density at radius 2 is 1.35 bits per heavy atom. The number of ether oxygens (including phenoxy) is 4. The number of carbonyl (C=O) groups excluding carboxylic acids is 3. The second kappa shape index (κ2) is 14.0. The number of unbranched alkanes of at least 4 members (excludes halogenated alkanes) is 1. The minimum absolute atomic E-state index is 0.314. The molecule has 0 unspecified atom stereocenters. The summed E-state index contributed by atoms with van der Waals surface area (Å²) >= 11 is 0. The number of rotatable bonds is 12. The van der Waals surface area contributed by atoms with Crippen molar-refractivity contribution in [2.75, 3.05) is 13.2 Å². The van der Waals surface area contributed by atoms with Gasteiger partial charge in [-0.2, -0.15) is 0 Å². The standard InChI is InChI=1S/C30H28O7/c1-22(2)29(32)35-21-7-6-20-34-25-13-11-24(12-14-25)30(33)37-27-17-15-26(16-18-27)36-28(31)19-10-23-8-4-3-5-9-23/h3-5,8-19H,1,6-7,20-21H2,2H3/b19-10+. The molecule has 0 N–H and O–H groups in total. The zero-order valence-electron chi connectivity index (χ0n) is 20.6. The molecule has 7 heteroatoms. The molecule has 0 spiro atoms. The lowest BCUT2D eigenvalue weighted by molar-refractivity contribution is -0.139. The molecule has 3 aromatic rings. The number of carbonyl (C=O) groups is 3. The van der Waals surface area contributed by atoms with Gasteiger partial charge < -0.3 is 18.9 Å². The summed E-state index contributed by atoms with van der Waals surface area (Å²) in [6.45, 7) is 5.90. The van der Waals surface area contributed by atoms with Gasteiger partial charge in [0.25, 0.3) is 0 Å². The van der Waals surface area contributed by atoms with Crippen LogP contribution in [0, 0.1) is 0 Å². The zero-order valence-corrected chi connectivity index (χ0v) is 20.6. The van der Waals surface area contributed by atoms with Gasteiger partial charge in [0.15, 0.2) is 0 Å². The maximum atomic E-state index is 12.4. The van der Waals surface area contributed by atoms with Crippen molar-refractivity contribution in [3.63, 3.8) is 0 Å². The molecule has 3 aromatic carbocycles. The molecule has 0 heterocycles. The molecular weight excluding hydrogens is 472 g/mol. The van der Waals surface area contributed by atoms with Crippen molar-refractivity contribution < 1.29 is 33.3 Å². The van der Waals surface area contributed by atoms with E-state index in [1.165, 1.54) is 6.08 Å². The summed E-state index contributed by atoms with van der Waals surface area (Å²) in [5.41, 5.74) is 1.63. The zero-order chi connectivity index (χ0) is 26.5. The molecule has 0 radical (unpaired) electrons. The summed E-state index contributed by atoms with van der Waals surface area (Å²) in [6.07, 6.45) is 4.39. The highest BCUT2D eigenvalue weighted by molar-refractivity contribution is 5.91. The Balaban J connectivity index is 1.40. The molecule has 0 saturated heterocycles. The van der Waals surface area contributed by atoms with Crippen LogP contribution < -0.4 is 14.2 Å². The van der Waals surface area contributed by atoms with Gasteiger partial charge in [0.1, 0.15) is 17.2 Å². The summed E-state index contributed by atoms with van der Waals surface area (Å²) in [5.74, 6) is -0.170. The monoisotopic (exact) mass is 500 g/mol. The summed E-state index contributed by atoms with van der Waals surface area (Å²) in [5, 5.41) is 0. The first-order valence-electron chi connectivity index (χ1n) is 11.7. The predicted molar refractivity (Wildman–Crippen MR) is 139 cm³/mol. The molecule has 0 aliphatic rings. The van der Waals surface area contributed by atoms with E-state index in [1.54, 1.807) is 61.5 Å². The third-order valence-electron chi connectivity index (χ3n) is 4.94. The van der Waals surface area contributed by atoms with Crippen LogP contribution in [0.4, 0.5) is 0 Å². The molecule has 0 aliphatic carbocycles. The van der Waals surface area contributed by atoms with Crippen LogP contribution in [0.25, 0.3) is 6.08 Å². The molecule has 0 aliphatic heterocycles. The van der Waals surface area contributed by atoms with E-state index < -0.39 is 17.9 Å². The molecule has 0 fully saturated rings. The maximum absolute atomic E-state index is 12.4. The average molecular weight is 501 g/mol. The van der Waals surface area contributed by atoms with Crippen molar-refractivity contribution in [1.29, 1.82) is 0 Å². The van der Waals surface area contributed by atoms with Gasteiger partial charge in [0, 0.05) is 11.6 Å². The molecular formula is C30H28O7. The van der Waals surface area contributed by atoms with Crippen molar-refractivity contribution in [3.05, 3.63) is 108 Å². The SMILES string of the molecule is C=C(C)C(=O)OCCCCOc1ccc(C(=O)Oc2ccc(OC(=O)/C=C/c3ccccc3)cc2)cc1. The second-order valence-corrected chi connectivity index (χ2v) is 8.02. The van der Waals surface area contributed by atoms with Crippen LogP contribution in [0.3, 0.4) is 0 Å². The van der Waals surface area contributed by atoms with Crippen LogP contribution in [0.1, 0.15) is 35.7 Å². The first-order chi connectivity index (χ1) is 17.9. The van der Waals surface area contributed by atoms with Crippen LogP contribution in [0.5, 0.6) is 17.2 Å². The molecule has 0 atom stereocenters. The normalized spacial score (nSPS) is 10.5. The molecule has 37 heavy (non-hydrogen) atoms. The van der Waals surface area contributed by atoms with E-state index in [0.29, 0.717) is 54.4 Å². The van der Waals surface area contributed by atoms with Gasteiger partial charge in [-0.15, -0.1) is 0 Å². The van der Waals surface area contributed by atoms with E-state index in [4.69, 9.17) is 18.9 Å². The summed E-state index contributed by atoms with van der Waals surface area (Å²) in [4.78, 5) is 35.7.